The van der Waals surface area contributed by atoms with E-state index in [2.05, 4.69) is 31.2 Å². The number of halogens is 1. The summed E-state index contributed by atoms with van der Waals surface area (Å²) in [5.41, 5.74) is 2.63. The Morgan fingerprint density at radius 1 is 1.33 bits per heavy atom. The zero-order valence-electron chi connectivity index (χ0n) is 9.18. The Hall–Kier alpha value is -1.40. The van der Waals surface area contributed by atoms with Crippen molar-refractivity contribution in [2.24, 2.45) is 0 Å². The van der Waals surface area contributed by atoms with Gasteiger partial charge < -0.3 is 5.32 Å². The molecule has 2 heterocycles. The van der Waals surface area contributed by atoms with Crippen molar-refractivity contribution in [2.45, 2.75) is 4.90 Å². The largest absolute Gasteiger partial charge is 0.324 e. The number of rotatable bonds is 1. The molecule has 0 fully saturated rings. The fourth-order valence-electron chi connectivity index (χ4n) is 1.74. The summed E-state index contributed by atoms with van der Waals surface area (Å²) in [4.78, 5) is 20.7. The average molecular weight is 322 g/mol. The van der Waals surface area contributed by atoms with E-state index in [0.717, 1.165) is 21.8 Å². The van der Waals surface area contributed by atoms with Crippen LogP contribution in [0.5, 0.6) is 0 Å². The summed E-state index contributed by atoms with van der Waals surface area (Å²) in [5, 5.41) is 2.87. The fraction of sp³-hybridized carbons (Fsp3) is 0.0833. The van der Waals surface area contributed by atoms with Crippen molar-refractivity contribution >= 4 is 39.3 Å². The topological polar surface area (TPSA) is 54.9 Å². The number of carbonyl (C=O) groups is 1. The molecular formula is C12H8BrN3OS. The van der Waals surface area contributed by atoms with Crippen LogP contribution in [0.3, 0.4) is 0 Å². The molecule has 3 rings (SSSR count). The molecule has 1 aromatic heterocycles. The summed E-state index contributed by atoms with van der Waals surface area (Å²) in [6.45, 7) is 0. The van der Waals surface area contributed by atoms with E-state index in [1.807, 2.05) is 24.3 Å². The van der Waals surface area contributed by atoms with Crippen LogP contribution in [-0.4, -0.2) is 21.6 Å². The molecule has 0 spiro atoms. The summed E-state index contributed by atoms with van der Waals surface area (Å²) in [6, 6.07) is 7.78. The van der Waals surface area contributed by atoms with Crippen LogP contribution in [0.2, 0.25) is 0 Å². The second kappa shape index (κ2) is 4.70. The number of nitrogens with one attached hydrogen (secondary N) is 1. The lowest BCUT2D eigenvalue weighted by Crippen LogP contribution is -2.18. The van der Waals surface area contributed by atoms with Crippen molar-refractivity contribution in [3.8, 4) is 11.3 Å². The van der Waals surface area contributed by atoms with Crippen molar-refractivity contribution in [3.63, 3.8) is 0 Å². The highest BCUT2D eigenvalue weighted by molar-refractivity contribution is 9.10. The Kier molecular flexibility index (Phi) is 3.05. The maximum atomic E-state index is 11.4. The minimum Gasteiger partial charge on any atom is -0.324 e. The Labute approximate surface area is 116 Å². The predicted octanol–water partition coefficient (Wildman–Crippen LogP) is 2.95. The van der Waals surface area contributed by atoms with E-state index in [4.69, 9.17) is 0 Å². The fourth-order valence-corrected chi connectivity index (χ4v) is 2.84. The number of anilines is 1. The number of hydrogen-bond donors (Lipinski definition) is 1. The number of benzene rings is 1. The predicted molar refractivity (Wildman–Crippen MR) is 74.5 cm³/mol. The van der Waals surface area contributed by atoms with Gasteiger partial charge in [0.05, 0.1) is 17.1 Å². The Balaban J connectivity index is 2.04. The first kappa shape index (κ1) is 11.7. The maximum Gasteiger partial charge on any atom is 0.234 e. The van der Waals surface area contributed by atoms with Crippen LogP contribution in [0.4, 0.5) is 5.69 Å². The van der Waals surface area contributed by atoms with Gasteiger partial charge >= 0.3 is 0 Å². The molecule has 2 aromatic rings. The number of thioether (sulfide) groups is 1. The van der Waals surface area contributed by atoms with E-state index in [1.165, 1.54) is 0 Å². The van der Waals surface area contributed by atoms with Gasteiger partial charge in [0, 0.05) is 16.7 Å². The van der Waals surface area contributed by atoms with Gasteiger partial charge in [0.15, 0.2) is 4.73 Å². The summed E-state index contributed by atoms with van der Waals surface area (Å²) in [5.74, 6) is 0.513. The summed E-state index contributed by atoms with van der Waals surface area (Å²) < 4.78 is 0.552. The molecule has 18 heavy (non-hydrogen) atoms. The molecule has 0 saturated heterocycles. The molecule has 0 aliphatic carbocycles. The van der Waals surface area contributed by atoms with Crippen LogP contribution >= 0.6 is 27.7 Å². The van der Waals surface area contributed by atoms with Crippen LogP contribution in [-0.2, 0) is 4.79 Å². The standard InChI is InChI=1S/C12H8BrN3OS/c13-12-14-4-3-8(16-12)7-1-2-10-9(5-7)15-11(17)6-18-10/h1-5H,6H2,(H,15,17). The number of carbonyl (C=O) groups excluding carboxylic acids is 1. The molecule has 0 unspecified atom stereocenters. The molecule has 6 heteroatoms. The Bertz CT molecular complexity index is 632. The van der Waals surface area contributed by atoms with Gasteiger partial charge in [-0.3, -0.25) is 4.79 Å². The van der Waals surface area contributed by atoms with Gasteiger partial charge in [-0.25, -0.2) is 9.97 Å². The lowest BCUT2D eigenvalue weighted by Gasteiger charge is -2.16. The quantitative estimate of drug-likeness (QED) is 0.820. The average Bonchev–Trinajstić information content (AvgIpc) is 2.38. The molecule has 0 bridgehead atoms. The van der Waals surface area contributed by atoms with Crippen molar-refractivity contribution in [1.29, 1.82) is 0 Å². The number of fused-ring (bicyclic) bond motifs is 1. The minimum absolute atomic E-state index is 0.0357. The number of nitrogens with zero attached hydrogens (tertiary/aromatic N) is 2. The van der Waals surface area contributed by atoms with Crippen molar-refractivity contribution in [1.82, 2.24) is 9.97 Å². The molecular weight excluding hydrogens is 314 g/mol. The molecule has 0 radical (unpaired) electrons. The first-order valence-electron chi connectivity index (χ1n) is 5.28. The normalized spacial score (nSPS) is 13.9. The molecule has 1 N–H and O–H groups in total. The summed E-state index contributed by atoms with van der Waals surface area (Å²) >= 11 is 4.80. The SMILES string of the molecule is O=C1CSc2ccc(-c3ccnc(Br)n3)cc2N1. The lowest BCUT2D eigenvalue weighted by molar-refractivity contribution is -0.113. The van der Waals surface area contributed by atoms with E-state index >= 15 is 0 Å². The highest BCUT2D eigenvalue weighted by Crippen LogP contribution is 2.34. The van der Waals surface area contributed by atoms with Gasteiger partial charge in [-0.05, 0) is 34.1 Å². The maximum absolute atomic E-state index is 11.4. The van der Waals surface area contributed by atoms with Crippen molar-refractivity contribution in [3.05, 3.63) is 35.2 Å². The van der Waals surface area contributed by atoms with Crippen LogP contribution < -0.4 is 5.32 Å². The van der Waals surface area contributed by atoms with Crippen LogP contribution in [0.15, 0.2) is 40.1 Å². The van der Waals surface area contributed by atoms with E-state index in [-0.39, 0.29) is 5.91 Å². The third-order valence-electron chi connectivity index (χ3n) is 2.53. The Morgan fingerprint density at radius 3 is 3.06 bits per heavy atom. The summed E-state index contributed by atoms with van der Waals surface area (Å²) in [6.07, 6.45) is 1.69. The van der Waals surface area contributed by atoms with Gasteiger partial charge in [-0.2, -0.15) is 0 Å². The van der Waals surface area contributed by atoms with E-state index in [0.29, 0.717) is 10.5 Å². The minimum atomic E-state index is 0.0357. The number of amides is 1. The van der Waals surface area contributed by atoms with Crippen LogP contribution in [0.25, 0.3) is 11.3 Å². The lowest BCUT2D eigenvalue weighted by atomic mass is 10.1. The Morgan fingerprint density at radius 2 is 2.22 bits per heavy atom. The van der Waals surface area contributed by atoms with E-state index in [1.54, 1.807) is 18.0 Å². The molecule has 1 aliphatic rings. The second-order valence-electron chi connectivity index (χ2n) is 3.76. The molecule has 1 amide bonds. The first-order chi connectivity index (χ1) is 8.72. The first-order valence-corrected chi connectivity index (χ1v) is 7.06. The van der Waals surface area contributed by atoms with Gasteiger partial charge in [-0.15, -0.1) is 11.8 Å². The monoisotopic (exact) mass is 321 g/mol. The second-order valence-corrected chi connectivity index (χ2v) is 5.49. The number of aromatic nitrogens is 2. The molecule has 90 valence electrons. The van der Waals surface area contributed by atoms with Gasteiger partial charge in [0.1, 0.15) is 0 Å². The van der Waals surface area contributed by atoms with Crippen molar-refractivity contribution < 1.29 is 4.79 Å². The zero-order valence-corrected chi connectivity index (χ0v) is 11.6. The third-order valence-corrected chi connectivity index (χ3v) is 3.99. The van der Waals surface area contributed by atoms with Gasteiger partial charge in [-0.1, -0.05) is 6.07 Å². The summed E-state index contributed by atoms with van der Waals surface area (Å²) in [7, 11) is 0. The third kappa shape index (κ3) is 2.26. The van der Waals surface area contributed by atoms with Gasteiger partial charge in [0.25, 0.3) is 0 Å². The zero-order chi connectivity index (χ0) is 12.5. The van der Waals surface area contributed by atoms with Gasteiger partial charge in [0.2, 0.25) is 5.91 Å². The molecule has 0 atom stereocenters. The highest BCUT2D eigenvalue weighted by Gasteiger charge is 2.16. The molecule has 1 aliphatic heterocycles. The van der Waals surface area contributed by atoms with Crippen LogP contribution in [0.1, 0.15) is 0 Å². The van der Waals surface area contributed by atoms with E-state index in [9.17, 15) is 4.79 Å². The molecule has 0 saturated carbocycles. The molecule has 1 aromatic carbocycles. The van der Waals surface area contributed by atoms with Crippen LogP contribution in [0, 0.1) is 0 Å². The highest BCUT2D eigenvalue weighted by atomic mass is 79.9. The number of hydrogen-bond acceptors (Lipinski definition) is 4. The molecule has 4 nitrogen and oxygen atoms in total. The van der Waals surface area contributed by atoms with Crippen molar-refractivity contribution in [2.75, 3.05) is 11.1 Å². The van der Waals surface area contributed by atoms with E-state index < -0.39 is 0 Å². The smallest absolute Gasteiger partial charge is 0.234 e.